The van der Waals surface area contributed by atoms with E-state index in [1.165, 1.54) is 25.3 Å². The first kappa shape index (κ1) is 9.34. The summed E-state index contributed by atoms with van der Waals surface area (Å²) in [5.74, 6) is 0.569. The van der Waals surface area contributed by atoms with Gasteiger partial charge in [0, 0.05) is 11.5 Å². The second kappa shape index (κ2) is 3.05. The van der Waals surface area contributed by atoms with Gasteiger partial charge in [0.05, 0.1) is 0 Å². The Morgan fingerprint density at radius 3 is 2.53 bits per heavy atom. The predicted molar refractivity (Wildman–Crippen MR) is 58.0 cm³/mol. The van der Waals surface area contributed by atoms with E-state index in [0.717, 1.165) is 12.0 Å². The molecule has 15 heavy (non-hydrogen) atoms. The Kier molecular flexibility index (Phi) is 1.90. The molecule has 2 aliphatic carbocycles. The summed E-state index contributed by atoms with van der Waals surface area (Å²) >= 11 is 0. The summed E-state index contributed by atoms with van der Waals surface area (Å²) in [6.07, 6.45) is 4.89. The van der Waals surface area contributed by atoms with E-state index in [2.05, 4.69) is 0 Å². The van der Waals surface area contributed by atoms with E-state index in [1.54, 1.807) is 12.1 Å². The molecule has 2 aliphatic rings. The molecule has 2 heteroatoms. The minimum absolute atomic E-state index is 0.125. The summed E-state index contributed by atoms with van der Waals surface area (Å²) in [5, 5.41) is 0. The monoisotopic (exact) mass is 205 g/mol. The van der Waals surface area contributed by atoms with Crippen molar-refractivity contribution in [2.45, 2.75) is 37.1 Å². The lowest BCUT2D eigenvalue weighted by Crippen LogP contribution is -2.32. The Balaban J connectivity index is 1.97. The van der Waals surface area contributed by atoms with Gasteiger partial charge < -0.3 is 5.73 Å². The first-order chi connectivity index (χ1) is 7.23. The second-order valence-electron chi connectivity index (χ2n) is 4.99. The van der Waals surface area contributed by atoms with Crippen LogP contribution in [0.3, 0.4) is 0 Å². The van der Waals surface area contributed by atoms with Crippen LogP contribution in [0.25, 0.3) is 0 Å². The van der Waals surface area contributed by atoms with Gasteiger partial charge in [-0.05, 0) is 42.9 Å². The zero-order valence-electron chi connectivity index (χ0n) is 8.75. The summed E-state index contributed by atoms with van der Waals surface area (Å²) in [4.78, 5) is 0. The Morgan fingerprint density at radius 2 is 2.07 bits per heavy atom. The van der Waals surface area contributed by atoms with Crippen LogP contribution in [0.1, 0.15) is 31.2 Å². The molecule has 0 aromatic heterocycles. The predicted octanol–water partition coefficient (Wildman–Crippen LogP) is 2.59. The summed E-state index contributed by atoms with van der Waals surface area (Å²) < 4.78 is 13.2. The average molecular weight is 205 g/mol. The number of hydrogen-bond donors (Lipinski definition) is 1. The standard InChI is InChI=1S/C13H16FN/c14-11-6-2-5-10(7-11)13(8-12(13)15)9-3-1-4-9/h2,5-7,9,12H,1,3-4,8,15H2/t12-,13?/m1/s1. The smallest absolute Gasteiger partial charge is 0.123 e. The van der Waals surface area contributed by atoms with E-state index in [0.29, 0.717) is 5.92 Å². The third-order valence-corrected chi connectivity index (χ3v) is 4.25. The van der Waals surface area contributed by atoms with Crippen molar-refractivity contribution in [2.75, 3.05) is 0 Å². The highest BCUT2D eigenvalue weighted by molar-refractivity contribution is 5.38. The van der Waals surface area contributed by atoms with Crippen LogP contribution in [-0.2, 0) is 5.41 Å². The first-order valence-corrected chi connectivity index (χ1v) is 5.75. The van der Waals surface area contributed by atoms with E-state index in [1.807, 2.05) is 6.07 Å². The molecule has 1 aromatic carbocycles. The van der Waals surface area contributed by atoms with Crippen molar-refractivity contribution in [3.05, 3.63) is 35.6 Å². The molecule has 0 saturated heterocycles. The van der Waals surface area contributed by atoms with Crippen molar-refractivity contribution in [2.24, 2.45) is 11.7 Å². The van der Waals surface area contributed by atoms with Crippen molar-refractivity contribution in [3.63, 3.8) is 0 Å². The molecule has 0 heterocycles. The summed E-state index contributed by atoms with van der Waals surface area (Å²) in [6, 6.07) is 7.27. The minimum atomic E-state index is -0.134. The van der Waals surface area contributed by atoms with Crippen molar-refractivity contribution in [1.82, 2.24) is 0 Å². The zero-order chi connectivity index (χ0) is 10.5. The highest BCUT2D eigenvalue weighted by Crippen LogP contribution is 2.58. The molecular weight excluding hydrogens is 189 g/mol. The molecule has 1 nitrogen and oxygen atoms in total. The first-order valence-electron chi connectivity index (χ1n) is 5.75. The van der Waals surface area contributed by atoms with E-state index >= 15 is 0 Å². The quantitative estimate of drug-likeness (QED) is 0.789. The van der Waals surface area contributed by atoms with Crippen molar-refractivity contribution < 1.29 is 4.39 Å². The minimum Gasteiger partial charge on any atom is -0.327 e. The fourth-order valence-electron chi connectivity index (χ4n) is 3.04. The summed E-state index contributed by atoms with van der Waals surface area (Å²) in [6.45, 7) is 0. The number of benzene rings is 1. The molecule has 1 aromatic rings. The van der Waals surface area contributed by atoms with Gasteiger partial charge in [-0.2, -0.15) is 0 Å². The fourth-order valence-corrected chi connectivity index (χ4v) is 3.04. The lowest BCUT2D eigenvalue weighted by molar-refractivity contribution is 0.239. The number of rotatable bonds is 2. The van der Waals surface area contributed by atoms with Gasteiger partial charge in [0.15, 0.2) is 0 Å². The SMILES string of the molecule is N[C@@H]1CC1(c1cccc(F)c1)C1CCC1. The molecule has 2 atom stereocenters. The summed E-state index contributed by atoms with van der Waals surface area (Å²) in [5.41, 5.74) is 7.32. The molecule has 3 rings (SSSR count). The van der Waals surface area contributed by atoms with Gasteiger partial charge >= 0.3 is 0 Å². The molecule has 0 amide bonds. The van der Waals surface area contributed by atoms with Crippen molar-refractivity contribution in [3.8, 4) is 0 Å². The van der Waals surface area contributed by atoms with Gasteiger partial charge in [-0.1, -0.05) is 18.6 Å². The lowest BCUT2D eigenvalue weighted by Gasteiger charge is -2.35. The van der Waals surface area contributed by atoms with Crippen LogP contribution in [0, 0.1) is 11.7 Å². The topological polar surface area (TPSA) is 26.0 Å². The van der Waals surface area contributed by atoms with Gasteiger partial charge in [0.2, 0.25) is 0 Å². The van der Waals surface area contributed by atoms with Gasteiger partial charge in [0.1, 0.15) is 5.82 Å². The highest BCUT2D eigenvalue weighted by Gasteiger charge is 2.59. The van der Waals surface area contributed by atoms with E-state index in [9.17, 15) is 4.39 Å². The number of nitrogens with two attached hydrogens (primary N) is 1. The van der Waals surface area contributed by atoms with Crippen LogP contribution < -0.4 is 5.73 Å². The maximum atomic E-state index is 13.2. The van der Waals surface area contributed by atoms with Gasteiger partial charge in [-0.15, -0.1) is 0 Å². The van der Waals surface area contributed by atoms with Crippen LogP contribution in [0.5, 0.6) is 0 Å². The maximum Gasteiger partial charge on any atom is 0.123 e. The van der Waals surface area contributed by atoms with Crippen LogP contribution >= 0.6 is 0 Å². The third-order valence-electron chi connectivity index (χ3n) is 4.25. The van der Waals surface area contributed by atoms with Gasteiger partial charge in [-0.3, -0.25) is 0 Å². The van der Waals surface area contributed by atoms with Gasteiger partial charge in [0.25, 0.3) is 0 Å². The Bertz CT molecular complexity index is 386. The molecule has 0 bridgehead atoms. The molecular formula is C13H16FN. The van der Waals surface area contributed by atoms with Crippen LogP contribution in [0.4, 0.5) is 4.39 Å². The van der Waals surface area contributed by atoms with Crippen LogP contribution in [-0.4, -0.2) is 6.04 Å². The molecule has 0 radical (unpaired) electrons. The average Bonchev–Trinajstić information content (AvgIpc) is 2.75. The highest BCUT2D eigenvalue weighted by atomic mass is 19.1. The Morgan fingerprint density at radius 1 is 1.33 bits per heavy atom. The van der Waals surface area contributed by atoms with Crippen molar-refractivity contribution >= 4 is 0 Å². The second-order valence-corrected chi connectivity index (χ2v) is 4.99. The molecule has 2 N–H and O–H groups in total. The Hall–Kier alpha value is -0.890. The van der Waals surface area contributed by atoms with E-state index < -0.39 is 0 Å². The normalized spacial score (nSPS) is 34.9. The largest absolute Gasteiger partial charge is 0.327 e. The fraction of sp³-hybridized carbons (Fsp3) is 0.538. The van der Waals surface area contributed by atoms with E-state index in [-0.39, 0.29) is 17.3 Å². The molecule has 80 valence electrons. The number of hydrogen-bond acceptors (Lipinski definition) is 1. The lowest BCUT2D eigenvalue weighted by atomic mass is 9.70. The summed E-state index contributed by atoms with van der Waals surface area (Å²) in [7, 11) is 0. The van der Waals surface area contributed by atoms with Crippen LogP contribution in [0.2, 0.25) is 0 Å². The molecule has 0 aliphatic heterocycles. The molecule has 2 fully saturated rings. The maximum absolute atomic E-state index is 13.2. The van der Waals surface area contributed by atoms with Crippen LogP contribution in [0.15, 0.2) is 24.3 Å². The third kappa shape index (κ3) is 1.24. The zero-order valence-corrected chi connectivity index (χ0v) is 8.75. The number of halogens is 1. The molecule has 1 unspecified atom stereocenters. The van der Waals surface area contributed by atoms with Gasteiger partial charge in [-0.25, -0.2) is 4.39 Å². The molecule has 0 spiro atoms. The molecule has 2 saturated carbocycles. The van der Waals surface area contributed by atoms with Crippen molar-refractivity contribution in [1.29, 1.82) is 0 Å². The Labute approximate surface area is 89.5 Å². The van der Waals surface area contributed by atoms with E-state index in [4.69, 9.17) is 5.73 Å².